The topological polar surface area (TPSA) is 199 Å². The summed E-state index contributed by atoms with van der Waals surface area (Å²) in [5.74, 6) is 0.837. The molecular formula is C69H87N11O9S. The summed E-state index contributed by atoms with van der Waals surface area (Å²) >= 11 is 1.45. The van der Waals surface area contributed by atoms with E-state index in [4.69, 9.17) is 28.7 Å². The molecule has 5 atom stereocenters. The Morgan fingerprint density at radius 2 is 1.56 bits per heavy atom. The molecule has 21 heteroatoms. The lowest BCUT2D eigenvalue weighted by Gasteiger charge is -2.35. The van der Waals surface area contributed by atoms with Gasteiger partial charge in [0.1, 0.15) is 36.8 Å². The number of nitrogens with zero attached hydrogens (tertiary/aromatic N) is 9. The smallest absolute Gasteiger partial charge is 0.255 e. The molecule has 0 unspecified atom stereocenters. The first kappa shape index (κ1) is 64.5. The van der Waals surface area contributed by atoms with Crippen molar-refractivity contribution in [2.45, 2.75) is 90.2 Å². The predicted molar refractivity (Wildman–Crippen MR) is 351 cm³/mol. The molecule has 7 heterocycles. The van der Waals surface area contributed by atoms with Crippen LogP contribution < -0.4 is 20.1 Å². The second-order valence-corrected chi connectivity index (χ2v) is 25.2. The number of hydrogen-bond acceptors (Lipinski definition) is 18. The number of aromatic nitrogens is 2. The van der Waals surface area contributed by atoms with Crippen LogP contribution in [-0.2, 0) is 50.1 Å². The van der Waals surface area contributed by atoms with E-state index in [0.29, 0.717) is 95.3 Å². The Kier molecular flexibility index (Phi) is 22.4. The molecule has 0 spiro atoms. The molecule has 0 saturated carbocycles. The summed E-state index contributed by atoms with van der Waals surface area (Å²) in [5, 5.41) is 17.3. The van der Waals surface area contributed by atoms with Gasteiger partial charge < -0.3 is 49.2 Å². The molecule has 11 rings (SSSR count). The average Bonchev–Trinajstić information content (AvgIpc) is 2.18. The zero-order chi connectivity index (χ0) is 62.3. The van der Waals surface area contributed by atoms with Crippen LogP contribution in [0.2, 0.25) is 0 Å². The fourth-order valence-corrected chi connectivity index (χ4v) is 13.6. The monoisotopic (exact) mass is 1250 g/mol. The molecule has 1 aromatic heterocycles. The van der Waals surface area contributed by atoms with Gasteiger partial charge in [-0.3, -0.25) is 39.0 Å². The lowest BCUT2D eigenvalue weighted by atomic mass is 10.0. The van der Waals surface area contributed by atoms with Gasteiger partial charge in [0.05, 0.1) is 57.0 Å². The highest BCUT2D eigenvalue weighted by molar-refractivity contribution is 8.20. The molecule has 6 aliphatic heterocycles. The number of hydrogen-bond donors (Lipinski definition) is 3. The van der Waals surface area contributed by atoms with E-state index in [2.05, 4.69) is 65.0 Å². The van der Waals surface area contributed by atoms with Gasteiger partial charge >= 0.3 is 0 Å². The number of aliphatic imine (C=N–C) groups is 1. The highest BCUT2D eigenvalue weighted by Gasteiger charge is 2.46. The van der Waals surface area contributed by atoms with E-state index in [1.165, 1.54) is 16.7 Å². The number of aliphatic hydroxyl groups is 1. The first-order chi connectivity index (χ1) is 43.9. The maximum atomic E-state index is 14.4. The number of carbonyl (C=O) groups excluding carboxylic acids is 3. The minimum Gasteiger partial charge on any atom is -0.492 e. The summed E-state index contributed by atoms with van der Waals surface area (Å²) in [6, 6.07) is 28.7. The molecule has 3 N–H and O–H groups in total. The zero-order valence-electron chi connectivity index (χ0n) is 52.3. The summed E-state index contributed by atoms with van der Waals surface area (Å²) < 4.78 is 31.3. The quantitative estimate of drug-likeness (QED) is 0.0240. The number of anilines is 2. The van der Waals surface area contributed by atoms with E-state index in [1.54, 1.807) is 22.7 Å². The highest BCUT2D eigenvalue weighted by Crippen LogP contribution is 2.34. The van der Waals surface area contributed by atoms with E-state index in [-0.39, 0.29) is 43.1 Å². The Balaban J connectivity index is 0.595. The lowest BCUT2D eigenvalue weighted by molar-refractivity contribution is -0.143. The van der Waals surface area contributed by atoms with E-state index in [0.717, 1.165) is 127 Å². The Labute approximate surface area is 533 Å². The summed E-state index contributed by atoms with van der Waals surface area (Å²) in [6.07, 6.45) is 6.12. The third-order valence-corrected chi connectivity index (χ3v) is 18.6. The summed E-state index contributed by atoms with van der Waals surface area (Å²) in [6.45, 7) is 24.9. The van der Waals surface area contributed by atoms with Crippen molar-refractivity contribution >= 4 is 51.6 Å². The minimum absolute atomic E-state index is 0.0131. The van der Waals surface area contributed by atoms with Crippen molar-refractivity contribution in [3.8, 4) is 22.8 Å². The normalized spacial score (nSPS) is 21.5. The molecule has 5 aromatic rings. The number of thioether (sulfide) groups is 1. The molecule has 8 bridgehead atoms. The van der Waals surface area contributed by atoms with E-state index in [1.807, 2.05) is 99.7 Å². The van der Waals surface area contributed by atoms with Crippen LogP contribution in [-0.4, -0.2) is 216 Å². The number of rotatable bonds is 24. The van der Waals surface area contributed by atoms with Crippen molar-refractivity contribution in [1.29, 1.82) is 0 Å². The van der Waals surface area contributed by atoms with E-state index < -0.39 is 18.2 Å². The molecule has 0 aliphatic carbocycles. The number of benzene rings is 4. The van der Waals surface area contributed by atoms with Crippen molar-refractivity contribution in [1.82, 2.24) is 44.7 Å². The van der Waals surface area contributed by atoms with Crippen LogP contribution >= 0.6 is 11.8 Å². The Bertz CT molecular complexity index is 3340. The number of carbonyl (C=O) groups is 3. The first-order valence-electron chi connectivity index (χ1n) is 32.0. The highest BCUT2D eigenvalue weighted by atomic mass is 32.2. The molecular weight excluding hydrogens is 1160 g/mol. The maximum absolute atomic E-state index is 14.4. The molecule has 6 aliphatic rings. The summed E-state index contributed by atoms with van der Waals surface area (Å²) in [4.78, 5) is 69.7. The predicted octanol–water partition coefficient (Wildman–Crippen LogP) is 7.35. The molecule has 4 aromatic carbocycles. The van der Waals surface area contributed by atoms with E-state index in [9.17, 15) is 19.5 Å². The number of β-amino-alcohol motifs (C(OH)–C–C–N with tert-alkyl or cyclic N) is 1. The summed E-state index contributed by atoms with van der Waals surface area (Å²) in [5.41, 5.74) is 9.66. The molecule has 3 amide bonds. The first-order valence-corrected chi connectivity index (χ1v) is 32.8. The van der Waals surface area contributed by atoms with Crippen molar-refractivity contribution in [2.75, 3.05) is 123 Å². The van der Waals surface area contributed by atoms with Gasteiger partial charge in [-0.05, 0) is 78.4 Å². The van der Waals surface area contributed by atoms with Crippen LogP contribution in [0.15, 0.2) is 121 Å². The number of amides is 3. The Hall–Kier alpha value is -7.05. The van der Waals surface area contributed by atoms with Crippen molar-refractivity contribution in [3.05, 3.63) is 149 Å². The van der Waals surface area contributed by atoms with E-state index >= 15 is 0 Å². The van der Waals surface area contributed by atoms with Crippen LogP contribution in [0.5, 0.6) is 11.5 Å². The SMILES string of the molecule is C=C(SC=NCC)c1ccc(CNC(=O)[C@@H]2C[C@@H](O)CN2C(=O)[C@H](C(C)C)N2Cc3ccccc3C2=O)c(OCCN2C[C@@H]3C[C@H]2CN3CCOCCN2CCN(CCOc3ccc4cc3COC/C=C/COCc3cccc(c3)-c3ccnc(n3)N4)CC2)c1. The van der Waals surface area contributed by atoms with Crippen molar-refractivity contribution in [2.24, 2.45) is 10.9 Å². The number of aliphatic hydroxyl groups excluding tert-OH is 1. The summed E-state index contributed by atoms with van der Waals surface area (Å²) in [7, 11) is 0. The second kappa shape index (κ2) is 31.3. The molecule has 0 radical (unpaired) electrons. The number of likely N-dealkylation sites (tertiary alicyclic amines) is 3. The largest absolute Gasteiger partial charge is 0.492 e. The zero-order valence-corrected chi connectivity index (χ0v) is 53.1. The van der Waals surface area contributed by atoms with Gasteiger partial charge in [0, 0.05) is 149 Å². The van der Waals surface area contributed by atoms with Gasteiger partial charge in [0.2, 0.25) is 17.8 Å². The van der Waals surface area contributed by atoms with Crippen molar-refractivity contribution < 1.29 is 43.2 Å². The number of ether oxygens (including phenoxy) is 5. The average molecular weight is 1250 g/mol. The maximum Gasteiger partial charge on any atom is 0.255 e. The second-order valence-electron chi connectivity index (χ2n) is 24.3. The Morgan fingerprint density at radius 1 is 0.822 bits per heavy atom. The number of fused-ring (bicyclic) bond motifs is 10. The third kappa shape index (κ3) is 16.5. The number of piperazine rings is 2. The fourth-order valence-electron chi connectivity index (χ4n) is 13.0. The van der Waals surface area contributed by atoms with Crippen LogP contribution in [0.1, 0.15) is 71.8 Å². The van der Waals surface area contributed by atoms with Gasteiger partial charge in [-0.1, -0.05) is 92.9 Å². The van der Waals surface area contributed by atoms with Gasteiger partial charge in [-0.15, -0.1) is 0 Å². The third-order valence-electron chi connectivity index (χ3n) is 17.9. The van der Waals surface area contributed by atoms with Crippen LogP contribution in [0.25, 0.3) is 16.2 Å². The Morgan fingerprint density at radius 3 is 2.32 bits per heavy atom. The van der Waals surface area contributed by atoms with Gasteiger partial charge in [-0.2, -0.15) is 0 Å². The van der Waals surface area contributed by atoms with Gasteiger partial charge in [0.15, 0.2) is 0 Å². The minimum atomic E-state index is -0.897. The van der Waals surface area contributed by atoms with Crippen molar-refractivity contribution in [3.63, 3.8) is 0 Å². The fraction of sp³-hybridized carbons (Fsp3) is 0.478. The van der Waals surface area contributed by atoms with Crippen LogP contribution in [0.4, 0.5) is 11.6 Å². The molecule has 20 nitrogen and oxygen atoms in total. The van der Waals surface area contributed by atoms with Crippen LogP contribution in [0.3, 0.4) is 0 Å². The molecule has 4 saturated heterocycles. The number of nitrogens with one attached hydrogen (secondary N) is 2. The van der Waals surface area contributed by atoms with Gasteiger partial charge in [0.25, 0.3) is 5.91 Å². The molecule has 478 valence electrons. The van der Waals surface area contributed by atoms with Gasteiger partial charge in [-0.25, -0.2) is 9.97 Å². The molecule has 4 fully saturated rings. The lowest BCUT2D eigenvalue weighted by Crippen LogP contribution is -2.55. The standard InChI is InChI=1S/C69H87N11O9S/c1-5-70-47-90-49(4)51-15-16-53(40-72-66(82)62-39-59(81)44-79(62)68(84)65(48(2)3)80-41-54-12-6-7-14-60(54)67(80)83)64(37-51)89-34-28-78-43-57-38-58(78)42-77(57)27-32-85-31-25-75-21-23-76(24-22-75)26-33-88-63-18-17-56-36-55(63)46-87-30-9-8-29-86-45-50-11-10-13-52(35-50)61-19-20-71-69(73-56)74-61/h6-20,35-37,47-48,57-59,62,65,81H,4-5,21-34,38-46H2,1-3H3,(H,72,82)(H,71,73,74)/b9-8+,70-47?/t57-,58-,59+,62-,65-/m0/s1. The van der Waals surface area contributed by atoms with Crippen LogP contribution in [0, 0.1) is 5.92 Å². The molecule has 90 heavy (non-hydrogen) atoms.